The van der Waals surface area contributed by atoms with Crippen LogP contribution in [0, 0.1) is 10.1 Å². The zero-order valence-corrected chi connectivity index (χ0v) is 15.7. The average Bonchev–Trinajstić information content (AvgIpc) is 2.61. The molecule has 9 heteroatoms. The van der Waals surface area contributed by atoms with Gasteiger partial charge in [-0.25, -0.2) is 0 Å². The number of amides is 1. The van der Waals surface area contributed by atoms with Gasteiger partial charge in [0.2, 0.25) is 0 Å². The molecule has 0 radical (unpaired) electrons. The molecule has 0 saturated carbocycles. The number of nitrogens with one attached hydrogen (secondary N) is 3. The lowest BCUT2D eigenvalue weighted by atomic mass is 9.95. The van der Waals surface area contributed by atoms with E-state index in [0.717, 1.165) is 5.56 Å². The van der Waals surface area contributed by atoms with Gasteiger partial charge in [-0.05, 0) is 42.9 Å². The van der Waals surface area contributed by atoms with Crippen molar-refractivity contribution in [2.45, 2.75) is 13.0 Å². The molecule has 138 valence electrons. The molecule has 0 spiro atoms. The predicted molar refractivity (Wildman–Crippen MR) is 107 cm³/mol. The fraction of sp³-hybridized carbons (Fsp3) is 0.111. The highest BCUT2D eigenvalue weighted by Crippen LogP contribution is 2.32. The van der Waals surface area contributed by atoms with E-state index in [1.165, 1.54) is 24.3 Å². The minimum atomic E-state index is -0.523. The number of anilines is 1. The minimum absolute atomic E-state index is 0.0521. The van der Waals surface area contributed by atoms with E-state index in [2.05, 4.69) is 16.0 Å². The van der Waals surface area contributed by atoms with Crippen molar-refractivity contribution in [3.63, 3.8) is 0 Å². The maximum atomic E-state index is 12.9. The van der Waals surface area contributed by atoms with E-state index in [1.807, 2.05) is 12.1 Å². The fourth-order valence-corrected chi connectivity index (χ4v) is 3.32. The molecule has 27 heavy (non-hydrogen) atoms. The highest BCUT2D eigenvalue weighted by atomic mass is 35.5. The molecule has 7 nitrogen and oxygen atoms in total. The second-order valence-corrected chi connectivity index (χ2v) is 6.67. The molecule has 1 amide bonds. The van der Waals surface area contributed by atoms with Crippen molar-refractivity contribution in [2.24, 2.45) is 0 Å². The largest absolute Gasteiger partial charge is 0.351 e. The van der Waals surface area contributed by atoms with Crippen LogP contribution in [0.15, 0.2) is 59.8 Å². The van der Waals surface area contributed by atoms with Crippen LogP contribution in [0.3, 0.4) is 0 Å². The molecule has 2 aromatic carbocycles. The van der Waals surface area contributed by atoms with Crippen LogP contribution in [-0.2, 0) is 4.79 Å². The number of carbonyl (C=O) groups excluding carboxylic acids is 1. The topological polar surface area (TPSA) is 96.3 Å². The SMILES string of the molecule is CC1=C(C(=O)Nc2ccc([N+](=O)[O-])cc2)[C@@H](c2ccccc2Cl)NC(=S)N1. The van der Waals surface area contributed by atoms with Crippen LogP contribution in [0.5, 0.6) is 0 Å². The molecule has 0 aromatic heterocycles. The summed E-state index contributed by atoms with van der Waals surface area (Å²) in [6.45, 7) is 1.75. The van der Waals surface area contributed by atoms with Gasteiger partial charge >= 0.3 is 0 Å². The van der Waals surface area contributed by atoms with Gasteiger partial charge in [-0.15, -0.1) is 0 Å². The van der Waals surface area contributed by atoms with Gasteiger partial charge in [0.25, 0.3) is 11.6 Å². The number of thiocarbonyl (C=S) groups is 1. The summed E-state index contributed by atoms with van der Waals surface area (Å²) in [6.07, 6.45) is 0. The van der Waals surface area contributed by atoms with Crippen LogP contribution in [-0.4, -0.2) is 15.9 Å². The lowest BCUT2D eigenvalue weighted by Crippen LogP contribution is -2.45. The van der Waals surface area contributed by atoms with E-state index in [0.29, 0.717) is 27.1 Å². The van der Waals surface area contributed by atoms with Crippen molar-refractivity contribution in [1.29, 1.82) is 0 Å². The highest BCUT2D eigenvalue weighted by Gasteiger charge is 2.31. The Kier molecular flexibility index (Phi) is 5.38. The number of benzene rings is 2. The molecule has 3 rings (SSSR count). The molecule has 2 aromatic rings. The number of non-ortho nitro benzene ring substituents is 1. The van der Waals surface area contributed by atoms with Gasteiger partial charge < -0.3 is 16.0 Å². The number of nitro groups is 1. The smallest absolute Gasteiger partial charge is 0.269 e. The van der Waals surface area contributed by atoms with Crippen molar-refractivity contribution in [3.8, 4) is 0 Å². The van der Waals surface area contributed by atoms with E-state index in [-0.39, 0.29) is 11.6 Å². The maximum absolute atomic E-state index is 12.9. The Morgan fingerprint density at radius 1 is 1.22 bits per heavy atom. The van der Waals surface area contributed by atoms with E-state index < -0.39 is 11.0 Å². The van der Waals surface area contributed by atoms with Crippen molar-refractivity contribution in [1.82, 2.24) is 10.6 Å². The van der Waals surface area contributed by atoms with Gasteiger partial charge in [-0.1, -0.05) is 29.8 Å². The quantitative estimate of drug-likeness (QED) is 0.410. The van der Waals surface area contributed by atoms with Gasteiger partial charge in [-0.3, -0.25) is 14.9 Å². The molecule has 0 saturated heterocycles. The van der Waals surface area contributed by atoms with E-state index >= 15 is 0 Å². The molecule has 0 unspecified atom stereocenters. The number of halogens is 1. The van der Waals surface area contributed by atoms with Gasteiger partial charge in [0.15, 0.2) is 5.11 Å². The summed E-state index contributed by atoms with van der Waals surface area (Å²) in [6, 6.07) is 12.3. The Hall–Kier alpha value is -2.97. The van der Waals surface area contributed by atoms with Crippen LogP contribution in [0.1, 0.15) is 18.5 Å². The first-order valence-electron chi connectivity index (χ1n) is 7.95. The standard InChI is InChI=1S/C18H15ClN4O3S/c1-10-15(17(24)21-11-6-8-12(9-7-11)23(25)26)16(22-18(27)20-10)13-4-2-3-5-14(13)19/h2-9,16H,1H3,(H,21,24)(H2,20,22,27)/t16-/m1/s1. The van der Waals surface area contributed by atoms with E-state index in [9.17, 15) is 14.9 Å². The van der Waals surface area contributed by atoms with Gasteiger partial charge in [0.1, 0.15) is 0 Å². The Balaban J connectivity index is 1.92. The fourth-order valence-electron chi connectivity index (χ4n) is 2.80. The molecule has 0 aliphatic carbocycles. The van der Waals surface area contributed by atoms with Crippen molar-refractivity contribution >= 4 is 46.2 Å². The molecular formula is C18H15ClN4O3S. The summed E-state index contributed by atoms with van der Waals surface area (Å²) in [7, 11) is 0. The van der Waals surface area contributed by atoms with Crippen molar-refractivity contribution in [3.05, 3.63) is 80.5 Å². The number of hydrogen-bond donors (Lipinski definition) is 3. The molecule has 0 fully saturated rings. The number of rotatable bonds is 4. The molecule has 1 aliphatic heterocycles. The van der Waals surface area contributed by atoms with Gasteiger partial charge in [-0.2, -0.15) is 0 Å². The zero-order chi connectivity index (χ0) is 19.6. The van der Waals surface area contributed by atoms with Gasteiger partial charge in [0, 0.05) is 28.5 Å². The summed E-state index contributed by atoms with van der Waals surface area (Å²) in [5.41, 5.74) is 2.13. The molecular weight excluding hydrogens is 388 g/mol. The summed E-state index contributed by atoms with van der Waals surface area (Å²) in [5, 5.41) is 20.4. The number of hydrogen-bond acceptors (Lipinski definition) is 4. The molecule has 1 heterocycles. The molecule has 1 atom stereocenters. The Labute approximate surface area is 165 Å². The van der Waals surface area contributed by atoms with Crippen molar-refractivity contribution < 1.29 is 9.72 Å². The first-order chi connectivity index (χ1) is 12.9. The highest BCUT2D eigenvalue weighted by molar-refractivity contribution is 7.80. The molecule has 1 aliphatic rings. The average molecular weight is 403 g/mol. The zero-order valence-electron chi connectivity index (χ0n) is 14.2. The van der Waals surface area contributed by atoms with Crippen molar-refractivity contribution in [2.75, 3.05) is 5.32 Å². The third-order valence-electron chi connectivity index (χ3n) is 4.07. The normalized spacial score (nSPS) is 16.4. The minimum Gasteiger partial charge on any atom is -0.351 e. The number of carbonyl (C=O) groups is 1. The van der Waals surface area contributed by atoms with Crippen LogP contribution in [0.25, 0.3) is 0 Å². The van der Waals surface area contributed by atoms with Crippen LogP contribution < -0.4 is 16.0 Å². The Morgan fingerprint density at radius 3 is 2.52 bits per heavy atom. The summed E-state index contributed by atoms with van der Waals surface area (Å²) in [5.74, 6) is -0.367. The predicted octanol–water partition coefficient (Wildman–Crippen LogP) is 3.68. The third-order valence-corrected chi connectivity index (χ3v) is 4.63. The Bertz CT molecular complexity index is 959. The van der Waals surface area contributed by atoms with Crippen LogP contribution in [0.2, 0.25) is 5.02 Å². The first kappa shape index (κ1) is 18.8. The second kappa shape index (κ2) is 7.73. The summed E-state index contributed by atoms with van der Waals surface area (Å²) >= 11 is 11.5. The van der Waals surface area contributed by atoms with Gasteiger partial charge in [0.05, 0.1) is 16.5 Å². The number of nitro benzene ring substituents is 1. The molecule has 3 N–H and O–H groups in total. The van der Waals surface area contributed by atoms with Crippen LogP contribution in [0.4, 0.5) is 11.4 Å². The Morgan fingerprint density at radius 2 is 1.89 bits per heavy atom. The number of allylic oxidation sites excluding steroid dienone is 1. The first-order valence-corrected chi connectivity index (χ1v) is 8.74. The lowest BCUT2D eigenvalue weighted by Gasteiger charge is -2.30. The lowest BCUT2D eigenvalue weighted by molar-refractivity contribution is -0.384. The summed E-state index contributed by atoms with van der Waals surface area (Å²) < 4.78 is 0. The summed E-state index contributed by atoms with van der Waals surface area (Å²) in [4.78, 5) is 23.2. The maximum Gasteiger partial charge on any atom is 0.269 e. The second-order valence-electron chi connectivity index (χ2n) is 5.85. The third kappa shape index (κ3) is 4.07. The monoisotopic (exact) mass is 402 g/mol. The number of nitrogens with zero attached hydrogens (tertiary/aromatic N) is 1. The van der Waals surface area contributed by atoms with E-state index in [4.69, 9.17) is 23.8 Å². The molecule has 0 bridgehead atoms. The van der Waals surface area contributed by atoms with Crippen LogP contribution >= 0.6 is 23.8 Å². The van der Waals surface area contributed by atoms with E-state index in [1.54, 1.807) is 19.1 Å².